The van der Waals surface area contributed by atoms with E-state index in [1.807, 2.05) is 4.68 Å². The van der Waals surface area contributed by atoms with Gasteiger partial charge >= 0.3 is 0 Å². The number of halogens is 2. The predicted molar refractivity (Wildman–Crippen MR) is 87.6 cm³/mol. The average Bonchev–Trinajstić information content (AvgIpc) is 2.95. The molecule has 6 heteroatoms. The smallest absolute Gasteiger partial charge is 0.0766 e. The van der Waals surface area contributed by atoms with Crippen molar-refractivity contribution in [2.24, 2.45) is 5.73 Å². The normalized spacial score (nSPS) is 12.9. The number of aryl methyl sites for hydroxylation is 2. The SMILES string of the molecule is CCc1nn(CC)c(CC(N)c2cc(Br)cs2)c1Br. The Hall–Kier alpha value is -0.170. The van der Waals surface area contributed by atoms with Crippen LogP contribution in [0, 0.1) is 0 Å². The lowest BCUT2D eigenvalue weighted by Crippen LogP contribution is -2.15. The van der Waals surface area contributed by atoms with Gasteiger partial charge in [0.15, 0.2) is 0 Å². The van der Waals surface area contributed by atoms with E-state index >= 15 is 0 Å². The molecule has 0 aliphatic carbocycles. The molecule has 2 aromatic rings. The zero-order chi connectivity index (χ0) is 14.0. The summed E-state index contributed by atoms with van der Waals surface area (Å²) in [6.07, 6.45) is 1.73. The van der Waals surface area contributed by atoms with E-state index in [-0.39, 0.29) is 6.04 Å². The second-order valence-electron chi connectivity index (χ2n) is 4.35. The van der Waals surface area contributed by atoms with E-state index in [0.29, 0.717) is 0 Å². The minimum absolute atomic E-state index is 0.0132. The molecule has 0 saturated carbocycles. The van der Waals surface area contributed by atoms with Crippen LogP contribution in [0.1, 0.15) is 36.2 Å². The summed E-state index contributed by atoms with van der Waals surface area (Å²) >= 11 is 8.83. The highest BCUT2D eigenvalue weighted by Gasteiger charge is 2.18. The monoisotopic (exact) mass is 405 g/mol. The van der Waals surface area contributed by atoms with Crippen molar-refractivity contribution in [1.29, 1.82) is 0 Å². The summed E-state index contributed by atoms with van der Waals surface area (Å²) in [7, 11) is 0. The van der Waals surface area contributed by atoms with Gasteiger partial charge in [-0.2, -0.15) is 5.10 Å². The lowest BCUT2D eigenvalue weighted by atomic mass is 10.1. The molecule has 0 aliphatic rings. The summed E-state index contributed by atoms with van der Waals surface area (Å²) in [4.78, 5) is 1.20. The van der Waals surface area contributed by atoms with Gasteiger partial charge in [0.25, 0.3) is 0 Å². The second kappa shape index (κ2) is 6.52. The predicted octanol–water partition coefficient (Wildman–Crippen LogP) is 4.29. The van der Waals surface area contributed by atoms with Gasteiger partial charge in [-0.1, -0.05) is 6.92 Å². The van der Waals surface area contributed by atoms with Gasteiger partial charge in [0.2, 0.25) is 0 Å². The molecule has 2 heterocycles. The summed E-state index contributed by atoms with van der Waals surface area (Å²) in [6.45, 7) is 5.09. The van der Waals surface area contributed by atoms with E-state index in [2.05, 4.69) is 62.3 Å². The third-order valence-electron chi connectivity index (χ3n) is 3.06. The van der Waals surface area contributed by atoms with Crippen LogP contribution in [-0.4, -0.2) is 9.78 Å². The highest BCUT2D eigenvalue weighted by Crippen LogP contribution is 2.30. The molecule has 104 valence electrons. The largest absolute Gasteiger partial charge is 0.323 e. The Kier molecular flexibility index (Phi) is 5.22. The molecule has 1 atom stereocenters. The Morgan fingerprint density at radius 1 is 1.42 bits per heavy atom. The third kappa shape index (κ3) is 3.29. The fourth-order valence-corrected chi connectivity index (χ4v) is 4.22. The number of aromatic nitrogens is 2. The van der Waals surface area contributed by atoms with Crippen LogP contribution in [0.3, 0.4) is 0 Å². The maximum Gasteiger partial charge on any atom is 0.0766 e. The van der Waals surface area contributed by atoms with Gasteiger partial charge < -0.3 is 5.73 Å². The van der Waals surface area contributed by atoms with Gasteiger partial charge in [0.05, 0.1) is 15.9 Å². The fraction of sp³-hybridized carbons (Fsp3) is 0.462. The lowest BCUT2D eigenvalue weighted by Gasteiger charge is -2.11. The van der Waals surface area contributed by atoms with Crippen LogP contribution in [0.4, 0.5) is 0 Å². The van der Waals surface area contributed by atoms with Crippen molar-refractivity contribution in [3.8, 4) is 0 Å². The molecule has 0 amide bonds. The molecule has 0 aromatic carbocycles. The second-order valence-corrected chi connectivity index (χ2v) is 7.01. The maximum atomic E-state index is 6.31. The van der Waals surface area contributed by atoms with E-state index in [0.717, 1.165) is 34.0 Å². The molecule has 19 heavy (non-hydrogen) atoms. The average molecular weight is 407 g/mol. The number of nitrogens with zero attached hydrogens (tertiary/aromatic N) is 2. The Bertz CT molecular complexity index is 562. The van der Waals surface area contributed by atoms with Crippen LogP contribution in [0.2, 0.25) is 0 Å². The molecule has 0 fully saturated rings. The first-order valence-electron chi connectivity index (χ1n) is 6.30. The highest BCUT2D eigenvalue weighted by atomic mass is 79.9. The van der Waals surface area contributed by atoms with E-state index in [9.17, 15) is 0 Å². The highest BCUT2D eigenvalue weighted by molar-refractivity contribution is 9.10. The Morgan fingerprint density at radius 3 is 2.68 bits per heavy atom. The molecule has 2 rings (SSSR count). The van der Waals surface area contributed by atoms with E-state index < -0.39 is 0 Å². The molecular weight excluding hydrogens is 390 g/mol. The van der Waals surface area contributed by atoms with Crippen LogP contribution < -0.4 is 5.73 Å². The number of nitrogens with two attached hydrogens (primary N) is 1. The Labute approximate surface area is 134 Å². The number of thiophene rings is 1. The zero-order valence-electron chi connectivity index (χ0n) is 11.0. The van der Waals surface area contributed by atoms with Gasteiger partial charge in [-0.15, -0.1) is 11.3 Å². The van der Waals surface area contributed by atoms with E-state index in [1.165, 1.54) is 10.6 Å². The van der Waals surface area contributed by atoms with Gasteiger partial charge in [-0.3, -0.25) is 4.68 Å². The number of hydrogen-bond donors (Lipinski definition) is 1. The van der Waals surface area contributed by atoms with Crippen LogP contribution in [-0.2, 0) is 19.4 Å². The molecule has 0 bridgehead atoms. The van der Waals surface area contributed by atoms with Gasteiger partial charge in [0.1, 0.15) is 0 Å². The fourth-order valence-electron chi connectivity index (χ4n) is 2.04. The molecular formula is C13H17Br2N3S. The van der Waals surface area contributed by atoms with Crippen LogP contribution in [0.15, 0.2) is 20.4 Å². The number of rotatable bonds is 5. The first-order chi connectivity index (χ1) is 9.06. The number of hydrogen-bond acceptors (Lipinski definition) is 3. The van der Waals surface area contributed by atoms with Crippen LogP contribution >= 0.6 is 43.2 Å². The van der Waals surface area contributed by atoms with Crippen LogP contribution in [0.5, 0.6) is 0 Å². The molecule has 3 nitrogen and oxygen atoms in total. The summed E-state index contributed by atoms with van der Waals surface area (Å²) in [6, 6.07) is 2.11. The molecule has 2 aromatic heterocycles. The molecule has 0 aliphatic heterocycles. The molecule has 1 unspecified atom stereocenters. The molecule has 2 N–H and O–H groups in total. The van der Waals surface area contributed by atoms with Crippen molar-refractivity contribution in [2.45, 2.75) is 39.3 Å². The maximum absolute atomic E-state index is 6.31. The lowest BCUT2D eigenvalue weighted by molar-refractivity contribution is 0.587. The first-order valence-corrected chi connectivity index (χ1v) is 8.76. The summed E-state index contributed by atoms with van der Waals surface area (Å²) in [5, 5.41) is 6.68. The van der Waals surface area contributed by atoms with Crippen molar-refractivity contribution in [3.63, 3.8) is 0 Å². The minimum atomic E-state index is 0.0132. The van der Waals surface area contributed by atoms with Gasteiger partial charge in [-0.05, 0) is 51.3 Å². The van der Waals surface area contributed by atoms with Gasteiger partial charge in [0, 0.05) is 33.7 Å². The summed E-state index contributed by atoms with van der Waals surface area (Å²) in [5.74, 6) is 0. The van der Waals surface area contributed by atoms with E-state index in [4.69, 9.17) is 5.73 Å². The standard InChI is InChI=1S/C13H17Br2N3S/c1-3-10-13(15)11(18(4-2)17-10)6-9(16)12-5-8(14)7-19-12/h5,7,9H,3-4,6,16H2,1-2H3. The molecule has 0 radical (unpaired) electrons. The Balaban J connectivity index is 2.25. The zero-order valence-corrected chi connectivity index (χ0v) is 15.0. The van der Waals surface area contributed by atoms with Crippen molar-refractivity contribution in [2.75, 3.05) is 0 Å². The van der Waals surface area contributed by atoms with Crippen molar-refractivity contribution in [3.05, 3.63) is 36.7 Å². The van der Waals surface area contributed by atoms with Gasteiger partial charge in [-0.25, -0.2) is 0 Å². The quantitative estimate of drug-likeness (QED) is 0.804. The van der Waals surface area contributed by atoms with Crippen LogP contribution in [0.25, 0.3) is 0 Å². The van der Waals surface area contributed by atoms with E-state index in [1.54, 1.807) is 11.3 Å². The summed E-state index contributed by atoms with van der Waals surface area (Å²) < 4.78 is 4.26. The summed E-state index contributed by atoms with van der Waals surface area (Å²) in [5.41, 5.74) is 8.61. The molecule has 0 saturated heterocycles. The topological polar surface area (TPSA) is 43.8 Å². The Morgan fingerprint density at radius 2 is 2.16 bits per heavy atom. The van der Waals surface area contributed by atoms with Crippen molar-refractivity contribution >= 4 is 43.2 Å². The first kappa shape index (κ1) is 15.2. The van der Waals surface area contributed by atoms with Crippen molar-refractivity contribution < 1.29 is 0 Å². The minimum Gasteiger partial charge on any atom is -0.323 e. The molecule has 0 spiro atoms. The van der Waals surface area contributed by atoms with Crippen molar-refractivity contribution in [1.82, 2.24) is 9.78 Å². The third-order valence-corrected chi connectivity index (χ3v) is 5.80.